The number of rotatable bonds is 2. The second-order valence-corrected chi connectivity index (χ2v) is 10.9. The lowest BCUT2D eigenvalue weighted by Gasteiger charge is -2.05. The van der Waals surface area contributed by atoms with E-state index in [0.717, 1.165) is 7.57 Å². The minimum Gasteiger partial charge on any atom is -0.287 e. The zero-order valence-electron chi connectivity index (χ0n) is 11.4. The summed E-state index contributed by atoms with van der Waals surface area (Å²) in [5.74, 6) is -6.79. The maximum atomic E-state index is 14.1. The molecule has 1 aliphatic carbocycles. The number of hydrogen-bond acceptors (Lipinski definition) is 5. The van der Waals surface area contributed by atoms with Crippen LogP contribution in [0.3, 0.4) is 0 Å². The fourth-order valence-electron chi connectivity index (χ4n) is 2.50. The van der Waals surface area contributed by atoms with Gasteiger partial charge >= 0.3 is 5.92 Å². The lowest BCUT2D eigenvalue weighted by molar-refractivity contribution is 0.0189. The molecular weight excluding hydrogens is 506 g/mol. The zero-order chi connectivity index (χ0) is 17.2. The van der Waals surface area contributed by atoms with Gasteiger partial charge in [-0.25, -0.2) is 0 Å². The Labute approximate surface area is 163 Å². The predicted molar refractivity (Wildman–Crippen MR) is 100.0 cm³/mol. The van der Waals surface area contributed by atoms with E-state index in [9.17, 15) is 18.4 Å². The Bertz CT molecular complexity index is 939. The Hall–Kier alpha value is -0.740. The highest BCUT2D eigenvalue weighted by molar-refractivity contribution is 9.11. The normalized spacial score (nSPS) is 16.0. The molecule has 0 saturated heterocycles. The third kappa shape index (κ3) is 2.33. The second kappa shape index (κ2) is 5.63. The van der Waals surface area contributed by atoms with Crippen LogP contribution in [0.5, 0.6) is 0 Å². The van der Waals surface area contributed by atoms with Gasteiger partial charge in [-0.05, 0) is 56.1 Å². The van der Waals surface area contributed by atoms with E-state index in [2.05, 4.69) is 31.9 Å². The number of halogens is 4. The van der Waals surface area contributed by atoms with Crippen molar-refractivity contribution in [3.05, 3.63) is 43.0 Å². The predicted octanol–water partition coefficient (Wildman–Crippen LogP) is 6.74. The fourth-order valence-corrected chi connectivity index (χ4v) is 6.80. The molecule has 0 radical (unpaired) electrons. The van der Waals surface area contributed by atoms with Crippen molar-refractivity contribution >= 4 is 77.4 Å². The van der Waals surface area contributed by atoms with Crippen LogP contribution < -0.4 is 0 Å². The summed E-state index contributed by atoms with van der Waals surface area (Å²) in [4.78, 5) is 26.6. The van der Waals surface area contributed by atoms with E-state index in [0.29, 0.717) is 19.5 Å². The van der Waals surface area contributed by atoms with E-state index < -0.39 is 17.5 Å². The fraction of sp³-hybridized carbons (Fsp3) is 0.0667. The maximum Gasteiger partial charge on any atom is 0.371 e. The Morgan fingerprint density at radius 3 is 1.50 bits per heavy atom. The minimum atomic E-state index is -3.98. The first-order chi connectivity index (χ1) is 11.3. The maximum absolute atomic E-state index is 14.1. The van der Waals surface area contributed by atoms with Crippen molar-refractivity contribution in [1.29, 1.82) is 0 Å². The molecule has 0 atom stereocenters. The first kappa shape index (κ1) is 16.7. The van der Waals surface area contributed by atoms with Crippen LogP contribution in [0.25, 0.3) is 19.5 Å². The second-order valence-electron chi connectivity index (χ2n) is 4.95. The molecule has 24 heavy (non-hydrogen) atoms. The molecule has 0 saturated carbocycles. The lowest BCUT2D eigenvalue weighted by Crippen LogP contribution is -2.30. The highest BCUT2D eigenvalue weighted by Crippen LogP contribution is 2.52. The molecule has 0 unspecified atom stereocenters. The van der Waals surface area contributed by atoms with Crippen molar-refractivity contribution < 1.29 is 18.4 Å². The molecule has 0 N–H and O–H groups in total. The first-order valence-corrected chi connectivity index (χ1v) is 10.5. The number of fused-ring (bicyclic) bond motifs is 1. The summed E-state index contributed by atoms with van der Waals surface area (Å²) in [5.41, 5.74) is -0.298. The molecule has 4 rings (SSSR count). The molecule has 1 aliphatic rings. The van der Waals surface area contributed by atoms with Gasteiger partial charge in [-0.1, -0.05) is 0 Å². The van der Waals surface area contributed by atoms with Crippen LogP contribution in [0.1, 0.15) is 20.7 Å². The van der Waals surface area contributed by atoms with Gasteiger partial charge in [0.2, 0.25) is 11.6 Å². The van der Waals surface area contributed by atoms with Crippen molar-refractivity contribution in [1.82, 2.24) is 0 Å². The van der Waals surface area contributed by atoms with E-state index in [-0.39, 0.29) is 11.1 Å². The Balaban J connectivity index is 2.03. The monoisotopic (exact) mass is 508 g/mol. The molecule has 3 heterocycles. The molecule has 3 aromatic rings. The van der Waals surface area contributed by atoms with Crippen molar-refractivity contribution in [2.75, 3.05) is 0 Å². The molecule has 122 valence electrons. The molecule has 0 fully saturated rings. The average molecular weight is 510 g/mol. The summed E-state index contributed by atoms with van der Waals surface area (Å²) in [6.07, 6.45) is 0. The Morgan fingerprint density at radius 2 is 1.17 bits per heavy atom. The number of alkyl halides is 2. The van der Waals surface area contributed by atoms with Crippen molar-refractivity contribution in [3.8, 4) is 19.5 Å². The summed E-state index contributed by atoms with van der Waals surface area (Å²) < 4.78 is 29.8. The topological polar surface area (TPSA) is 34.1 Å². The standard InChI is InChI=1S/C15H4Br2F2O2S3/c16-7-3-1-5(22-7)11-9-10(14(21)15(18,19)13(9)20)12(24-11)6-2-4-8(17)23-6/h1-4H. The quantitative estimate of drug-likeness (QED) is 0.358. The van der Waals surface area contributed by atoms with Crippen LogP contribution >= 0.6 is 65.9 Å². The smallest absolute Gasteiger partial charge is 0.287 e. The van der Waals surface area contributed by atoms with Gasteiger partial charge in [-0.3, -0.25) is 9.59 Å². The van der Waals surface area contributed by atoms with Gasteiger partial charge in [0.15, 0.2) is 0 Å². The summed E-state index contributed by atoms with van der Waals surface area (Å²) in [6, 6.07) is 7.08. The van der Waals surface area contributed by atoms with Crippen molar-refractivity contribution in [3.63, 3.8) is 0 Å². The Kier molecular flexibility index (Phi) is 3.92. The highest BCUT2D eigenvalue weighted by atomic mass is 79.9. The molecule has 2 nitrogen and oxygen atoms in total. The average Bonchev–Trinajstić information content (AvgIpc) is 3.25. The molecule has 0 bridgehead atoms. The van der Waals surface area contributed by atoms with Crippen LogP contribution in [-0.2, 0) is 0 Å². The van der Waals surface area contributed by atoms with E-state index in [1.807, 2.05) is 0 Å². The van der Waals surface area contributed by atoms with Gasteiger partial charge < -0.3 is 0 Å². The number of carbonyl (C=O) groups excluding carboxylic acids is 2. The van der Waals surface area contributed by atoms with Gasteiger partial charge in [0.1, 0.15) is 0 Å². The lowest BCUT2D eigenvalue weighted by atomic mass is 10.1. The van der Waals surface area contributed by atoms with Crippen LogP contribution in [0, 0.1) is 0 Å². The van der Waals surface area contributed by atoms with Crippen LogP contribution in [0.2, 0.25) is 0 Å². The van der Waals surface area contributed by atoms with Gasteiger partial charge in [-0.2, -0.15) is 8.78 Å². The largest absolute Gasteiger partial charge is 0.371 e. The molecule has 9 heteroatoms. The minimum absolute atomic E-state index is 0.149. The third-order valence-corrected chi connectivity index (χ3v) is 8.32. The highest BCUT2D eigenvalue weighted by Gasteiger charge is 2.58. The third-order valence-electron chi connectivity index (χ3n) is 3.53. The van der Waals surface area contributed by atoms with E-state index >= 15 is 0 Å². The van der Waals surface area contributed by atoms with Crippen molar-refractivity contribution in [2.24, 2.45) is 0 Å². The molecule has 0 aromatic carbocycles. The van der Waals surface area contributed by atoms with Gasteiger partial charge in [0.25, 0.3) is 0 Å². The van der Waals surface area contributed by atoms with Gasteiger partial charge in [0.05, 0.1) is 28.5 Å². The SMILES string of the molecule is O=C1c2c(-c3ccc(Br)s3)sc(-c3ccc(Br)s3)c2C(=O)C1(F)F. The van der Waals surface area contributed by atoms with E-state index in [4.69, 9.17) is 0 Å². The summed E-state index contributed by atoms with van der Waals surface area (Å²) in [6.45, 7) is 0. The number of carbonyl (C=O) groups is 2. The number of ketones is 2. The molecule has 0 aliphatic heterocycles. The van der Waals surface area contributed by atoms with E-state index in [1.165, 1.54) is 34.0 Å². The summed E-state index contributed by atoms with van der Waals surface area (Å²) >= 11 is 10.5. The van der Waals surface area contributed by atoms with Crippen LogP contribution in [0.15, 0.2) is 31.8 Å². The van der Waals surface area contributed by atoms with Crippen LogP contribution in [-0.4, -0.2) is 17.5 Å². The van der Waals surface area contributed by atoms with Crippen LogP contribution in [0.4, 0.5) is 8.78 Å². The van der Waals surface area contributed by atoms with Gasteiger partial charge in [-0.15, -0.1) is 34.0 Å². The van der Waals surface area contributed by atoms with Crippen molar-refractivity contribution in [2.45, 2.75) is 5.92 Å². The summed E-state index contributed by atoms with van der Waals surface area (Å²) in [5, 5.41) is 0. The molecule has 0 spiro atoms. The molecule has 3 aromatic heterocycles. The zero-order valence-corrected chi connectivity index (χ0v) is 17.0. The van der Waals surface area contributed by atoms with Gasteiger partial charge in [0, 0.05) is 9.75 Å². The molecular formula is C15H4Br2F2O2S3. The first-order valence-electron chi connectivity index (χ1n) is 6.46. The molecule has 0 amide bonds. The Morgan fingerprint density at radius 1 is 0.750 bits per heavy atom. The number of thiophene rings is 3. The summed E-state index contributed by atoms with van der Waals surface area (Å²) in [7, 11) is 0. The number of Topliss-reactive ketones (excluding diaryl/α,β-unsaturated/α-hetero) is 2. The van der Waals surface area contributed by atoms with E-state index in [1.54, 1.807) is 24.3 Å². The number of hydrogen-bond donors (Lipinski definition) is 0.